The Morgan fingerprint density at radius 3 is 1.54 bits per heavy atom. The number of carbonyl (C=O) groups excluding carboxylic acids is 13. The second kappa shape index (κ2) is 39.7. The normalized spacial score (nSPS) is 26.3. The first-order valence-corrected chi connectivity index (χ1v) is 35.2. The molecule has 0 radical (unpaired) electrons. The lowest BCUT2D eigenvalue weighted by atomic mass is 9.81. The fraction of sp³-hybridized carbons (Fsp3) is 0.814. The van der Waals surface area contributed by atoms with Crippen LogP contribution in [0.25, 0.3) is 0 Å². The first kappa shape index (κ1) is 87.1. The van der Waals surface area contributed by atoms with Crippen molar-refractivity contribution >= 4 is 76.9 Å². The summed E-state index contributed by atoms with van der Waals surface area (Å²) in [6.45, 7) is 32.2. The highest BCUT2D eigenvalue weighted by Crippen LogP contribution is 2.29. The van der Waals surface area contributed by atoms with E-state index in [9.17, 15) is 38.4 Å². The molecule has 0 aromatic heterocycles. The maximum atomic E-state index is 15.2. The largest absolute Gasteiger partial charge is 0.453 e. The van der Waals surface area contributed by atoms with Gasteiger partial charge in [0.25, 0.3) is 5.91 Å². The molecule has 2 saturated heterocycles. The molecule has 0 bridgehead atoms. The molecule has 28 heteroatoms. The highest BCUT2D eigenvalue weighted by Gasteiger charge is 2.47. The highest BCUT2D eigenvalue weighted by molar-refractivity contribution is 6.10. The minimum absolute atomic E-state index is 0.0692. The van der Waals surface area contributed by atoms with Gasteiger partial charge in [0, 0.05) is 80.3 Å². The molecule has 2 aliphatic heterocycles. The number of rotatable bonds is 20. The number of unbranched alkanes of at least 4 members (excludes halogenated alkanes) is 2. The first-order chi connectivity index (χ1) is 45.4. The Morgan fingerprint density at radius 2 is 1.04 bits per heavy atom. The van der Waals surface area contributed by atoms with Crippen molar-refractivity contribution < 1.29 is 71.8 Å². The van der Waals surface area contributed by atoms with E-state index in [0.717, 1.165) is 42.3 Å². The van der Waals surface area contributed by atoms with Crippen LogP contribution in [0.2, 0.25) is 0 Å². The zero-order valence-electron chi connectivity index (χ0n) is 63.9. The van der Waals surface area contributed by atoms with Gasteiger partial charge in [-0.1, -0.05) is 110 Å². The van der Waals surface area contributed by atoms with E-state index in [1.165, 1.54) is 102 Å². The zero-order chi connectivity index (χ0) is 75.3. The summed E-state index contributed by atoms with van der Waals surface area (Å²) in [5.41, 5.74) is -1.34. The lowest BCUT2D eigenvalue weighted by Crippen LogP contribution is -2.64. The van der Waals surface area contributed by atoms with Crippen molar-refractivity contribution in [1.82, 2.24) is 65.8 Å². The SMILES string of the molecule is CC[C@@H]1NC(=O)[C@H](C(=O)[C@H](C)CCCCCN2CCOCC2)NC(=O)[C@@H](C(C)C)N(C)C(=O)[C@H](CC(C)C)N(C)C(=O)[C@H](CC(C)C)N(C)C(=O)[C@@H](C)NC(=O)[C@H](C)NC(=O)[C@@H](CC(C)C)N(C)C(=O)[C@H](C(C)C)NC(=O)[C@H](C(C)(C)CN(C)C(=O)OC)N(C)C(=O)[C@@H](C)N(C)C1=O. The van der Waals surface area contributed by atoms with Crippen molar-refractivity contribution in [1.29, 1.82) is 0 Å². The van der Waals surface area contributed by atoms with Crippen LogP contribution in [0.5, 0.6) is 0 Å². The van der Waals surface area contributed by atoms with Gasteiger partial charge in [0.2, 0.25) is 59.1 Å². The van der Waals surface area contributed by atoms with Crippen LogP contribution in [0.3, 0.4) is 0 Å². The van der Waals surface area contributed by atoms with Crippen LogP contribution in [-0.2, 0) is 67.0 Å². The van der Waals surface area contributed by atoms with E-state index in [0.29, 0.717) is 26.1 Å². The number of amides is 12. The number of methoxy groups -OCH3 is 1. The molecular weight excluding hydrogens is 1260 g/mol. The molecule has 12 atom stereocenters. The molecule has 2 heterocycles. The summed E-state index contributed by atoms with van der Waals surface area (Å²) in [4.78, 5) is 202. The third kappa shape index (κ3) is 24.4. The summed E-state index contributed by atoms with van der Waals surface area (Å²) in [6.07, 6.45) is 2.09. The zero-order valence-corrected chi connectivity index (χ0v) is 63.9. The van der Waals surface area contributed by atoms with E-state index >= 15 is 24.0 Å². The maximum absolute atomic E-state index is 15.2. The van der Waals surface area contributed by atoms with Crippen LogP contribution in [0.4, 0.5) is 4.79 Å². The molecule has 28 nitrogen and oxygen atoms in total. The predicted molar refractivity (Wildman–Crippen MR) is 373 cm³/mol. The van der Waals surface area contributed by atoms with Gasteiger partial charge in [0.1, 0.15) is 60.4 Å². The summed E-state index contributed by atoms with van der Waals surface area (Å²) in [6, 6.07) is -15.0. The average Bonchev–Trinajstić information content (AvgIpc) is 0.796. The van der Waals surface area contributed by atoms with Gasteiger partial charge in [-0.15, -0.1) is 0 Å². The number of ketones is 1. The van der Waals surface area contributed by atoms with Crippen molar-refractivity contribution in [3.05, 3.63) is 0 Å². The lowest BCUT2D eigenvalue weighted by molar-refractivity contribution is -0.154. The van der Waals surface area contributed by atoms with Crippen molar-refractivity contribution in [2.24, 2.45) is 40.9 Å². The van der Waals surface area contributed by atoms with Crippen LogP contribution in [0, 0.1) is 40.9 Å². The molecule has 0 aromatic carbocycles. The maximum Gasteiger partial charge on any atom is 0.409 e. The Morgan fingerprint density at radius 1 is 0.541 bits per heavy atom. The van der Waals surface area contributed by atoms with E-state index < -0.39 is 166 Å². The number of ether oxygens (including phenoxy) is 2. The second-order valence-electron chi connectivity index (χ2n) is 29.9. The third-order valence-electron chi connectivity index (χ3n) is 19.0. The van der Waals surface area contributed by atoms with Gasteiger partial charge in [-0.25, -0.2) is 4.79 Å². The van der Waals surface area contributed by atoms with E-state index in [-0.39, 0.29) is 50.0 Å². The third-order valence-corrected chi connectivity index (χ3v) is 19.0. The summed E-state index contributed by atoms with van der Waals surface area (Å²) in [5.74, 6) is -11.7. The molecule has 12 amide bonds. The Hall–Kier alpha value is -6.97. The van der Waals surface area contributed by atoms with E-state index in [1.807, 2.05) is 41.5 Å². The van der Waals surface area contributed by atoms with Crippen LogP contribution < -0.4 is 26.6 Å². The smallest absolute Gasteiger partial charge is 0.409 e. The number of likely N-dealkylation sites (N-methyl/N-ethyl adjacent to an activating group) is 6. The van der Waals surface area contributed by atoms with Crippen molar-refractivity contribution in [2.45, 2.75) is 236 Å². The van der Waals surface area contributed by atoms with Gasteiger partial charge >= 0.3 is 6.09 Å². The molecule has 98 heavy (non-hydrogen) atoms. The number of carbonyl (C=O) groups is 13. The average molecular weight is 1390 g/mol. The quantitative estimate of drug-likeness (QED) is 0.0864. The van der Waals surface area contributed by atoms with Crippen LogP contribution in [0.15, 0.2) is 0 Å². The number of hydrogen-bond acceptors (Lipinski definition) is 16. The van der Waals surface area contributed by atoms with Crippen LogP contribution >= 0.6 is 0 Å². The molecule has 2 fully saturated rings. The molecule has 0 saturated carbocycles. The van der Waals surface area contributed by atoms with Gasteiger partial charge in [-0.2, -0.15) is 0 Å². The van der Waals surface area contributed by atoms with Crippen LogP contribution in [0.1, 0.15) is 169 Å². The predicted octanol–water partition coefficient (Wildman–Crippen LogP) is 3.13. The molecule has 0 aliphatic carbocycles. The van der Waals surface area contributed by atoms with Crippen molar-refractivity contribution in [3.63, 3.8) is 0 Å². The highest BCUT2D eigenvalue weighted by atomic mass is 16.5. The molecule has 2 aliphatic rings. The van der Waals surface area contributed by atoms with Gasteiger partial charge < -0.3 is 70.4 Å². The van der Waals surface area contributed by atoms with Gasteiger partial charge in [-0.3, -0.25) is 62.4 Å². The molecule has 0 spiro atoms. The fourth-order valence-corrected chi connectivity index (χ4v) is 13.0. The number of morpholine rings is 1. The van der Waals surface area contributed by atoms with E-state index in [2.05, 4.69) is 31.5 Å². The van der Waals surface area contributed by atoms with Crippen molar-refractivity contribution in [2.75, 3.05) is 95.8 Å². The topological polar surface area (TPSA) is 326 Å². The Bertz CT molecular complexity index is 2740. The molecular formula is C70H125N13O15. The van der Waals surface area contributed by atoms with E-state index in [4.69, 9.17) is 9.47 Å². The Labute approximate surface area is 584 Å². The molecule has 2 rings (SSSR count). The minimum atomic E-state index is -1.90. The molecule has 560 valence electrons. The van der Waals surface area contributed by atoms with Crippen LogP contribution in [-0.4, -0.2) is 278 Å². The standard InChI is InChI=1S/C70H125N13O15/c1-26-49-65(92)77(19)48(15)64(91)82(24)57(70(16,17)39-76(18)69(96)97-25)62(89)74-53(43(8)9)68(95)78(20)50(36-40(2)3)59(86)71-46(13)58(85)72-47(14)63(90)79(21)51(37-41(4)5)66(93)80(22)52(38-42(6)7)67(94)81(23)55(44(10)11)61(88)75-54(60(87)73-49)56(84)45(12)30-28-27-29-31-83-32-34-98-35-33-83/h40-55,57H,26-39H2,1-25H3,(H,71,86)(H,72,85)(H,73,87)(H,74,89)(H,75,88)/t45-,46+,47-,48-,49+,50-,51+,52+,53+,54+,55-,57-/m1/s1. The summed E-state index contributed by atoms with van der Waals surface area (Å²) in [7, 11) is 11.0. The van der Waals surface area contributed by atoms with Gasteiger partial charge in [0.15, 0.2) is 11.8 Å². The van der Waals surface area contributed by atoms with Gasteiger partial charge in [-0.05, 0) is 95.4 Å². The summed E-state index contributed by atoms with van der Waals surface area (Å²) in [5, 5.41) is 13.6. The number of Topliss-reactive ketones (excluding diaryl/α,β-unsaturated/α-hetero) is 1. The summed E-state index contributed by atoms with van der Waals surface area (Å²) >= 11 is 0. The second-order valence-corrected chi connectivity index (χ2v) is 29.9. The number of nitrogens with zero attached hydrogens (tertiary/aromatic N) is 8. The summed E-state index contributed by atoms with van der Waals surface area (Å²) < 4.78 is 10.5. The Kier molecular flexibility index (Phi) is 35.3. The van der Waals surface area contributed by atoms with Gasteiger partial charge in [0.05, 0.1) is 20.3 Å². The molecule has 0 unspecified atom stereocenters. The fourth-order valence-electron chi connectivity index (χ4n) is 13.0. The monoisotopic (exact) mass is 1390 g/mol. The first-order valence-electron chi connectivity index (χ1n) is 35.2. The number of nitrogens with one attached hydrogen (secondary N) is 5. The molecule has 5 N–H and O–H groups in total. The van der Waals surface area contributed by atoms with E-state index in [1.54, 1.807) is 55.4 Å². The van der Waals surface area contributed by atoms with Crippen molar-refractivity contribution in [3.8, 4) is 0 Å². The lowest BCUT2D eigenvalue weighted by Gasteiger charge is -2.43. The Balaban J connectivity index is 3.04. The minimum Gasteiger partial charge on any atom is -0.453 e. The number of hydrogen-bond donors (Lipinski definition) is 5. The molecule has 0 aromatic rings.